The molecule has 2 aliphatic carbocycles. The highest BCUT2D eigenvalue weighted by Crippen LogP contribution is 2.36. The van der Waals surface area contributed by atoms with E-state index >= 15 is 0 Å². The molecule has 1 aromatic rings. The Balaban J connectivity index is 1.16. The van der Waals surface area contributed by atoms with E-state index in [2.05, 4.69) is 52.4 Å². The van der Waals surface area contributed by atoms with Crippen LogP contribution in [0.4, 0.5) is 0 Å². The van der Waals surface area contributed by atoms with Gasteiger partial charge in [0.2, 0.25) is 5.91 Å². The van der Waals surface area contributed by atoms with E-state index in [9.17, 15) is 4.79 Å². The number of nitrogens with one attached hydrogen (secondary N) is 1. The highest BCUT2D eigenvalue weighted by molar-refractivity contribution is 5.81. The van der Waals surface area contributed by atoms with Crippen molar-refractivity contribution in [1.29, 1.82) is 0 Å². The molecule has 160 valence electrons. The minimum absolute atomic E-state index is 0.0130. The smallest absolute Gasteiger partial charge is 0.237 e. The molecule has 2 saturated carbocycles. The number of rotatable bonds is 6. The molecule has 0 bridgehead atoms. The van der Waals surface area contributed by atoms with E-state index in [4.69, 9.17) is 0 Å². The molecule has 1 heterocycles. The van der Waals surface area contributed by atoms with Crippen molar-refractivity contribution in [3.8, 4) is 0 Å². The van der Waals surface area contributed by atoms with Gasteiger partial charge in [-0.05, 0) is 62.8 Å². The third-order valence-electron chi connectivity index (χ3n) is 7.67. The van der Waals surface area contributed by atoms with Crippen LogP contribution in [0.5, 0.6) is 0 Å². The second-order valence-corrected chi connectivity index (χ2v) is 9.63. The molecule has 1 N–H and O–H groups in total. The predicted molar refractivity (Wildman–Crippen MR) is 119 cm³/mol. The number of amides is 1. The van der Waals surface area contributed by atoms with E-state index in [1.54, 1.807) is 0 Å². The Bertz CT molecular complexity index is 627. The van der Waals surface area contributed by atoms with Crippen LogP contribution >= 0.6 is 0 Å². The summed E-state index contributed by atoms with van der Waals surface area (Å²) in [6.07, 6.45) is 10.3. The van der Waals surface area contributed by atoms with Crippen LogP contribution in [0, 0.1) is 5.92 Å². The number of piperazine rings is 1. The molecule has 0 radical (unpaired) electrons. The summed E-state index contributed by atoms with van der Waals surface area (Å²) in [6.45, 7) is 7.61. The van der Waals surface area contributed by atoms with Crippen LogP contribution in [0.15, 0.2) is 30.3 Å². The Morgan fingerprint density at radius 2 is 1.62 bits per heavy atom. The Morgan fingerprint density at radius 1 is 0.966 bits per heavy atom. The third-order valence-corrected chi connectivity index (χ3v) is 7.67. The number of benzene rings is 1. The summed E-state index contributed by atoms with van der Waals surface area (Å²) in [5, 5.41) is 3.28. The van der Waals surface area contributed by atoms with Gasteiger partial charge in [-0.3, -0.25) is 9.69 Å². The molecule has 29 heavy (non-hydrogen) atoms. The van der Waals surface area contributed by atoms with Gasteiger partial charge >= 0.3 is 0 Å². The second-order valence-electron chi connectivity index (χ2n) is 9.63. The highest BCUT2D eigenvalue weighted by Gasteiger charge is 2.29. The quantitative estimate of drug-likeness (QED) is 0.787. The van der Waals surface area contributed by atoms with Crippen LogP contribution in [0.25, 0.3) is 0 Å². The SMILES string of the molecule is C[C@H](C(=O)NC1CCCC1)N1CCN(CC2CCC(c3ccccc3)CC2)CC1. The molecule has 4 nitrogen and oxygen atoms in total. The van der Waals surface area contributed by atoms with Crippen molar-refractivity contribution in [3.63, 3.8) is 0 Å². The summed E-state index contributed by atoms with van der Waals surface area (Å²) in [5.41, 5.74) is 1.53. The van der Waals surface area contributed by atoms with Crippen molar-refractivity contribution >= 4 is 5.91 Å². The zero-order valence-electron chi connectivity index (χ0n) is 18.2. The van der Waals surface area contributed by atoms with Gasteiger partial charge in [-0.1, -0.05) is 43.2 Å². The van der Waals surface area contributed by atoms with Crippen molar-refractivity contribution in [2.45, 2.75) is 76.3 Å². The summed E-state index contributed by atoms with van der Waals surface area (Å²) < 4.78 is 0. The number of carbonyl (C=O) groups excluding carboxylic acids is 1. The van der Waals surface area contributed by atoms with Crippen LogP contribution < -0.4 is 5.32 Å². The molecule has 1 aromatic carbocycles. The zero-order chi connectivity index (χ0) is 20.1. The van der Waals surface area contributed by atoms with E-state index in [0.717, 1.165) is 38.0 Å². The molecule has 0 aromatic heterocycles. The van der Waals surface area contributed by atoms with E-state index < -0.39 is 0 Å². The van der Waals surface area contributed by atoms with Gasteiger partial charge < -0.3 is 10.2 Å². The minimum atomic E-state index is 0.0130. The van der Waals surface area contributed by atoms with Gasteiger partial charge in [0.1, 0.15) is 0 Å². The van der Waals surface area contributed by atoms with Crippen LogP contribution in [-0.4, -0.2) is 60.5 Å². The van der Waals surface area contributed by atoms with Gasteiger partial charge in [0.15, 0.2) is 0 Å². The van der Waals surface area contributed by atoms with Gasteiger partial charge in [0.25, 0.3) is 0 Å². The van der Waals surface area contributed by atoms with Crippen molar-refractivity contribution in [1.82, 2.24) is 15.1 Å². The van der Waals surface area contributed by atoms with Gasteiger partial charge in [0.05, 0.1) is 6.04 Å². The molecule has 1 saturated heterocycles. The van der Waals surface area contributed by atoms with Gasteiger partial charge in [-0.15, -0.1) is 0 Å². The van der Waals surface area contributed by atoms with Gasteiger partial charge in [0, 0.05) is 38.8 Å². The lowest BCUT2D eigenvalue weighted by Gasteiger charge is -2.40. The molecule has 3 fully saturated rings. The Hall–Kier alpha value is -1.39. The van der Waals surface area contributed by atoms with Gasteiger partial charge in [-0.2, -0.15) is 0 Å². The third kappa shape index (κ3) is 5.61. The lowest BCUT2D eigenvalue weighted by molar-refractivity contribution is -0.127. The van der Waals surface area contributed by atoms with E-state index in [1.807, 2.05) is 0 Å². The summed E-state index contributed by atoms with van der Waals surface area (Å²) in [7, 11) is 0. The van der Waals surface area contributed by atoms with E-state index in [0.29, 0.717) is 6.04 Å². The number of nitrogens with zero attached hydrogens (tertiary/aromatic N) is 2. The average Bonchev–Trinajstić information content (AvgIpc) is 3.28. The lowest BCUT2D eigenvalue weighted by Crippen LogP contribution is -2.55. The normalized spacial score (nSPS) is 28.3. The number of hydrogen-bond acceptors (Lipinski definition) is 3. The highest BCUT2D eigenvalue weighted by atomic mass is 16.2. The molecule has 4 heteroatoms. The standard InChI is InChI=1S/C25H39N3O/c1-20(25(29)26-24-9-5-6-10-24)28-17-15-27(16-18-28)19-21-11-13-23(14-12-21)22-7-3-2-4-8-22/h2-4,7-8,20-21,23-24H,5-6,9-19H2,1H3,(H,26,29)/t20-,21?,23?/m1/s1. The van der Waals surface area contributed by atoms with Crippen LogP contribution in [0.2, 0.25) is 0 Å². The first kappa shape index (κ1) is 20.9. The summed E-state index contributed by atoms with van der Waals surface area (Å²) in [4.78, 5) is 17.6. The molecule has 1 amide bonds. The number of hydrogen-bond donors (Lipinski definition) is 1. The van der Waals surface area contributed by atoms with Crippen molar-refractivity contribution < 1.29 is 4.79 Å². The average molecular weight is 398 g/mol. The fourth-order valence-electron chi connectivity index (χ4n) is 5.66. The first-order valence-corrected chi connectivity index (χ1v) is 12.0. The number of carbonyl (C=O) groups is 1. The first-order valence-electron chi connectivity index (χ1n) is 12.0. The fraction of sp³-hybridized carbons (Fsp3) is 0.720. The van der Waals surface area contributed by atoms with Gasteiger partial charge in [-0.25, -0.2) is 0 Å². The Kier molecular flexibility index (Phi) is 7.25. The maximum atomic E-state index is 12.6. The largest absolute Gasteiger partial charge is 0.352 e. The Morgan fingerprint density at radius 3 is 2.28 bits per heavy atom. The zero-order valence-corrected chi connectivity index (χ0v) is 18.2. The summed E-state index contributed by atoms with van der Waals surface area (Å²) in [6, 6.07) is 11.5. The maximum Gasteiger partial charge on any atom is 0.237 e. The second kappa shape index (κ2) is 10.1. The van der Waals surface area contributed by atoms with Crippen LogP contribution in [0.3, 0.4) is 0 Å². The van der Waals surface area contributed by atoms with Crippen molar-refractivity contribution in [3.05, 3.63) is 35.9 Å². The fourth-order valence-corrected chi connectivity index (χ4v) is 5.66. The molecule has 1 atom stereocenters. The lowest BCUT2D eigenvalue weighted by atomic mass is 9.78. The van der Waals surface area contributed by atoms with E-state index in [1.165, 1.54) is 63.5 Å². The van der Waals surface area contributed by atoms with E-state index in [-0.39, 0.29) is 11.9 Å². The summed E-state index contributed by atoms with van der Waals surface area (Å²) in [5.74, 6) is 1.86. The molecule has 3 aliphatic rings. The first-order chi connectivity index (χ1) is 14.2. The molecule has 1 aliphatic heterocycles. The van der Waals surface area contributed by atoms with Crippen LogP contribution in [0.1, 0.15) is 69.8 Å². The van der Waals surface area contributed by atoms with Crippen LogP contribution in [-0.2, 0) is 4.79 Å². The topological polar surface area (TPSA) is 35.6 Å². The molecular weight excluding hydrogens is 358 g/mol. The molecular formula is C25H39N3O. The molecule has 0 spiro atoms. The molecule has 4 rings (SSSR count). The maximum absolute atomic E-state index is 12.6. The minimum Gasteiger partial charge on any atom is -0.352 e. The monoisotopic (exact) mass is 397 g/mol. The molecule has 0 unspecified atom stereocenters. The Labute approximate surface area is 177 Å². The predicted octanol–water partition coefficient (Wildman–Crippen LogP) is 4.03. The van der Waals surface area contributed by atoms with Crippen molar-refractivity contribution in [2.24, 2.45) is 5.92 Å². The summed E-state index contributed by atoms with van der Waals surface area (Å²) >= 11 is 0. The van der Waals surface area contributed by atoms with Crippen molar-refractivity contribution in [2.75, 3.05) is 32.7 Å².